The van der Waals surface area contributed by atoms with Crippen molar-refractivity contribution in [3.05, 3.63) is 29.8 Å². The summed E-state index contributed by atoms with van der Waals surface area (Å²) in [4.78, 5) is 10.2. The standard InChI is InChI=1S/C9H9ClO3/c10-5-7-3-1-2-4-8(7)13-6-9(11)12/h1-4H,5-6H2,(H,11,12). The van der Waals surface area contributed by atoms with E-state index in [9.17, 15) is 4.79 Å². The smallest absolute Gasteiger partial charge is 0.341 e. The minimum atomic E-state index is -0.996. The zero-order chi connectivity index (χ0) is 9.68. The molecule has 4 heteroatoms. The molecule has 1 aromatic rings. The predicted octanol–water partition coefficient (Wildman–Crippen LogP) is 1.89. The molecular formula is C9H9ClO3. The maximum atomic E-state index is 10.2. The lowest BCUT2D eigenvalue weighted by atomic mass is 10.2. The predicted molar refractivity (Wildman–Crippen MR) is 49.1 cm³/mol. The van der Waals surface area contributed by atoms with E-state index in [0.717, 1.165) is 5.56 Å². The normalized spacial score (nSPS) is 9.62. The van der Waals surface area contributed by atoms with Crippen molar-refractivity contribution in [1.29, 1.82) is 0 Å². The highest BCUT2D eigenvalue weighted by Gasteiger charge is 2.03. The lowest BCUT2D eigenvalue weighted by Gasteiger charge is -2.06. The third-order valence-electron chi connectivity index (χ3n) is 1.47. The Morgan fingerprint density at radius 2 is 2.15 bits per heavy atom. The molecule has 3 nitrogen and oxygen atoms in total. The van der Waals surface area contributed by atoms with E-state index in [0.29, 0.717) is 11.6 Å². The van der Waals surface area contributed by atoms with Crippen molar-refractivity contribution in [3.63, 3.8) is 0 Å². The monoisotopic (exact) mass is 200 g/mol. The summed E-state index contributed by atoms with van der Waals surface area (Å²) in [6.07, 6.45) is 0. The Hall–Kier alpha value is -1.22. The summed E-state index contributed by atoms with van der Waals surface area (Å²) in [5.41, 5.74) is 0.797. The third-order valence-corrected chi connectivity index (χ3v) is 1.76. The van der Waals surface area contributed by atoms with Gasteiger partial charge in [-0.15, -0.1) is 11.6 Å². The van der Waals surface area contributed by atoms with Crippen LogP contribution < -0.4 is 4.74 Å². The number of hydrogen-bond donors (Lipinski definition) is 1. The Morgan fingerprint density at radius 1 is 1.46 bits per heavy atom. The molecule has 70 valence electrons. The molecule has 0 aliphatic rings. The van der Waals surface area contributed by atoms with Gasteiger partial charge in [0, 0.05) is 5.56 Å². The van der Waals surface area contributed by atoms with Crippen LogP contribution in [0.15, 0.2) is 24.3 Å². The number of aliphatic carboxylic acids is 1. The van der Waals surface area contributed by atoms with E-state index in [1.165, 1.54) is 0 Å². The number of hydrogen-bond acceptors (Lipinski definition) is 2. The topological polar surface area (TPSA) is 46.5 Å². The fraction of sp³-hybridized carbons (Fsp3) is 0.222. The number of ether oxygens (including phenoxy) is 1. The van der Waals surface area contributed by atoms with Crippen LogP contribution in [0.3, 0.4) is 0 Å². The Labute approximate surface area is 80.9 Å². The molecule has 13 heavy (non-hydrogen) atoms. The first-order chi connectivity index (χ1) is 6.24. The van der Waals surface area contributed by atoms with E-state index in [1.54, 1.807) is 18.2 Å². The molecule has 0 aromatic heterocycles. The van der Waals surface area contributed by atoms with Crippen molar-refractivity contribution < 1.29 is 14.6 Å². The van der Waals surface area contributed by atoms with Crippen molar-refractivity contribution in [2.75, 3.05) is 6.61 Å². The third kappa shape index (κ3) is 2.95. The fourth-order valence-corrected chi connectivity index (χ4v) is 1.12. The molecule has 0 saturated heterocycles. The van der Waals surface area contributed by atoms with E-state index < -0.39 is 5.97 Å². The molecule has 0 aliphatic carbocycles. The summed E-state index contributed by atoms with van der Waals surface area (Å²) in [7, 11) is 0. The summed E-state index contributed by atoms with van der Waals surface area (Å²) in [5.74, 6) is -0.153. The van der Waals surface area contributed by atoms with Crippen LogP contribution in [0.1, 0.15) is 5.56 Å². The Bertz CT molecular complexity index is 299. The summed E-state index contributed by atoms with van der Waals surface area (Å²) < 4.78 is 5.01. The van der Waals surface area contributed by atoms with Gasteiger partial charge in [-0.2, -0.15) is 0 Å². The van der Waals surface area contributed by atoms with Crippen LogP contribution in [0.5, 0.6) is 5.75 Å². The van der Waals surface area contributed by atoms with Gasteiger partial charge in [-0.05, 0) is 6.07 Å². The highest BCUT2D eigenvalue weighted by Crippen LogP contribution is 2.19. The minimum Gasteiger partial charge on any atom is -0.482 e. The molecule has 1 N–H and O–H groups in total. The summed E-state index contributed by atoms with van der Waals surface area (Å²) in [6.45, 7) is -0.339. The molecule has 0 heterocycles. The maximum absolute atomic E-state index is 10.2. The number of carboxylic acid groups (broad SMARTS) is 1. The van der Waals surface area contributed by atoms with E-state index in [1.807, 2.05) is 6.07 Å². The quantitative estimate of drug-likeness (QED) is 0.755. The van der Waals surface area contributed by atoms with Gasteiger partial charge < -0.3 is 9.84 Å². The first-order valence-corrected chi connectivity index (χ1v) is 4.26. The molecule has 0 unspecified atom stereocenters. The van der Waals surface area contributed by atoms with Crippen molar-refractivity contribution in [2.24, 2.45) is 0 Å². The van der Waals surface area contributed by atoms with Gasteiger partial charge in [-0.25, -0.2) is 4.79 Å². The van der Waals surface area contributed by atoms with Crippen LogP contribution in [0.4, 0.5) is 0 Å². The van der Waals surface area contributed by atoms with Gasteiger partial charge in [-0.3, -0.25) is 0 Å². The van der Waals surface area contributed by atoms with E-state index in [-0.39, 0.29) is 6.61 Å². The van der Waals surface area contributed by atoms with Crippen LogP contribution >= 0.6 is 11.6 Å². The summed E-state index contributed by atoms with van der Waals surface area (Å²) >= 11 is 5.62. The van der Waals surface area contributed by atoms with Crippen LogP contribution in [0, 0.1) is 0 Å². The Morgan fingerprint density at radius 3 is 2.77 bits per heavy atom. The second kappa shape index (κ2) is 4.72. The summed E-state index contributed by atoms with van der Waals surface area (Å²) in [6, 6.07) is 7.09. The molecule has 0 fully saturated rings. The first kappa shape index (κ1) is 9.86. The maximum Gasteiger partial charge on any atom is 0.341 e. The van der Waals surface area contributed by atoms with Crippen molar-refractivity contribution >= 4 is 17.6 Å². The highest BCUT2D eigenvalue weighted by atomic mass is 35.5. The molecule has 0 atom stereocenters. The Balaban J connectivity index is 2.69. The summed E-state index contributed by atoms with van der Waals surface area (Å²) in [5, 5.41) is 8.38. The van der Waals surface area contributed by atoms with Crippen LogP contribution in [-0.2, 0) is 10.7 Å². The molecule has 1 rings (SSSR count). The van der Waals surface area contributed by atoms with Crippen molar-refractivity contribution in [3.8, 4) is 5.75 Å². The molecule has 0 saturated carbocycles. The van der Waals surface area contributed by atoms with E-state index in [2.05, 4.69) is 0 Å². The number of benzene rings is 1. The number of carbonyl (C=O) groups is 1. The molecule has 0 radical (unpaired) electrons. The van der Waals surface area contributed by atoms with Gasteiger partial charge in [0.2, 0.25) is 0 Å². The lowest BCUT2D eigenvalue weighted by molar-refractivity contribution is -0.139. The van der Waals surface area contributed by atoms with Gasteiger partial charge in [0.1, 0.15) is 5.75 Å². The lowest BCUT2D eigenvalue weighted by Crippen LogP contribution is -2.10. The van der Waals surface area contributed by atoms with Crippen LogP contribution in [-0.4, -0.2) is 17.7 Å². The number of rotatable bonds is 4. The molecule has 0 bridgehead atoms. The van der Waals surface area contributed by atoms with Crippen molar-refractivity contribution in [1.82, 2.24) is 0 Å². The number of halogens is 1. The molecule has 1 aromatic carbocycles. The second-order valence-corrected chi connectivity index (χ2v) is 2.69. The number of alkyl halides is 1. The zero-order valence-corrected chi connectivity index (χ0v) is 7.62. The van der Waals surface area contributed by atoms with Gasteiger partial charge in [0.15, 0.2) is 6.61 Å². The van der Waals surface area contributed by atoms with Gasteiger partial charge in [0.05, 0.1) is 5.88 Å². The fourth-order valence-electron chi connectivity index (χ4n) is 0.895. The molecular weight excluding hydrogens is 192 g/mol. The van der Waals surface area contributed by atoms with Gasteiger partial charge >= 0.3 is 5.97 Å². The molecule has 0 aliphatic heterocycles. The number of para-hydroxylation sites is 1. The number of carboxylic acids is 1. The molecule has 0 amide bonds. The van der Waals surface area contributed by atoms with E-state index in [4.69, 9.17) is 21.4 Å². The van der Waals surface area contributed by atoms with Gasteiger partial charge in [0.25, 0.3) is 0 Å². The molecule has 0 spiro atoms. The Kier molecular flexibility index (Phi) is 3.58. The second-order valence-electron chi connectivity index (χ2n) is 2.42. The largest absolute Gasteiger partial charge is 0.482 e. The van der Waals surface area contributed by atoms with E-state index >= 15 is 0 Å². The highest BCUT2D eigenvalue weighted by molar-refractivity contribution is 6.17. The van der Waals surface area contributed by atoms with Crippen LogP contribution in [0.2, 0.25) is 0 Å². The average molecular weight is 201 g/mol. The SMILES string of the molecule is O=C(O)COc1ccccc1CCl. The van der Waals surface area contributed by atoms with Gasteiger partial charge in [-0.1, -0.05) is 18.2 Å². The minimum absolute atomic E-state index is 0.315. The van der Waals surface area contributed by atoms with Crippen LogP contribution in [0.25, 0.3) is 0 Å². The zero-order valence-electron chi connectivity index (χ0n) is 6.87. The first-order valence-electron chi connectivity index (χ1n) is 3.72. The van der Waals surface area contributed by atoms with Crippen molar-refractivity contribution in [2.45, 2.75) is 5.88 Å². The average Bonchev–Trinajstić information content (AvgIpc) is 2.15.